The van der Waals surface area contributed by atoms with Gasteiger partial charge in [0.2, 0.25) is 0 Å². The average molecular weight is 347 g/mol. The first-order chi connectivity index (χ1) is 12.1. The van der Waals surface area contributed by atoms with Gasteiger partial charge >= 0.3 is 0 Å². The van der Waals surface area contributed by atoms with Crippen LogP contribution in [0.3, 0.4) is 0 Å². The first-order valence-electron chi connectivity index (χ1n) is 8.06. The van der Waals surface area contributed by atoms with E-state index in [1.807, 2.05) is 48.6 Å². The molecule has 0 aliphatic carbocycles. The van der Waals surface area contributed by atoms with E-state index in [9.17, 15) is 5.26 Å². The Labute approximate surface area is 149 Å². The summed E-state index contributed by atoms with van der Waals surface area (Å²) in [5.41, 5.74) is 5.15. The second-order valence-corrected chi connectivity index (χ2v) is 7.46. The molecule has 1 N–H and O–H groups in total. The van der Waals surface area contributed by atoms with E-state index in [0.29, 0.717) is 17.8 Å². The summed E-state index contributed by atoms with van der Waals surface area (Å²) in [5.74, 6) is 0.922. The molecule has 6 heteroatoms. The largest absolute Gasteiger partial charge is 0.365 e. The third kappa shape index (κ3) is 2.53. The predicted molar refractivity (Wildman–Crippen MR) is 101 cm³/mol. The van der Waals surface area contributed by atoms with Crippen LogP contribution >= 0.6 is 11.3 Å². The Balaban J connectivity index is 1.88. The number of para-hydroxylation sites is 2. The summed E-state index contributed by atoms with van der Waals surface area (Å²) < 4.78 is 2.02. The summed E-state index contributed by atoms with van der Waals surface area (Å²) in [6, 6.07) is 12.2. The molecule has 0 aliphatic rings. The van der Waals surface area contributed by atoms with Gasteiger partial charge in [-0.2, -0.15) is 5.26 Å². The molecule has 4 rings (SSSR count). The summed E-state index contributed by atoms with van der Waals surface area (Å²) in [6.45, 7) is 6.70. The maximum atomic E-state index is 9.55. The number of nitrogens with one attached hydrogen (secondary N) is 1. The number of imidazole rings is 1. The van der Waals surface area contributed by atoms with Crippen LogP contribution in [0.1, 0.15) is 26.7 Å². The minimum atomic E-state index is 0.613. The zero-order chi connectivity index (χ0) is 17.6. The summed E-state index contributed by atoms with van der Waals surface area (Å²) in [7, 11) is 0. The molecule has 0 amide bonds. The van der Waals surface area contributed by atoms with E-state index < -0.39 is 0 Å². The molecule has 3 aromatic heterocycles. The molecule has 0 saturated carbocycles. The Hall–Kier alpha value is -2.91. The minimum absolute atomic E-state index is 0.613. The second-order valence-electron chi connectivity index (χ2n) is 6.05. The van der Waals surface area contributed by atoms with Crippen LogP contribution in [-0.4, -0.2) is 14.4 Å². The van der Waals surface area contributed by atoms with E-state index in [0.717, 1.165) is 33.1 Å². The van der Waals surface area contributed by atoms with Crippen LogP contribution in [0.25, 0.3) is 16.7 Å². The molecule has 4 aromatic rings. The number of thiazole rings is 1. The van der Waals surface area contributed by atoms with Crippen LogP contribution in [0.15, 0.2) is 30.3 Å². The average Bonchev–Trinajstić information content (AvgIpc) is 3.12. The lowest BCUT2D eigenvalue weighted by molar-refractivity contribution is 1.01. The molecular formula is C19H17N5S. The van der Waals surface area contributed by atoms with Crippen molar-refractivity contribution in [3.05, 3.63) is 57.0 Å². The Bertz CT molecular complexity index is 1150. The Morgan fingerprint density at radius 2 is 2.00 bits per heavy atom. The quantitative estimate of drug-likeness (QED) is 0.598. The van der Waals surface area contributed by atoms with E-state index in [4.69, 9.17) is 0 Å². The number of benzene rings is 1. The lowest BCUT2D eigenvalue weighted by atomic mass is 10.1. The highest BCUT2D eigenvalue weighted by Gasteiger charge is 2.15. The van der Waals surface area contributed by atoms with Gasteiger partial charge in [-0.15, -0.1) is 11.3 Å². The minimum Gasteiger partial charge on any atom is -0.365 e. The third-order valence-corrected chi connectivity index (χ3v) is 5.25. The molecule has 0 bridgehead atoms. The van der Waals surface area contributed by atoms with E-state index >= 15 is 0 Å². The van der Waals surface area contributed by atoms with Crippen LogP contribution in [0.4, 0.5) is 5.82 Å². The van der Waals surface area contributed by atoms with Gasteiger partial charge in [-0.25, -0.2) is 9.97 Å². The van der Waals surface area contributed by atoms with Gasteiger partial charge in [0.15, 0.2) is 5.65 Å². The van der Waals surface area contributed by atoms with Crippen LogP contribution in [0.5, 0.6) is 0 Å². The van der Waals surface area contributed by atoms with Crippen LogP contribution in [0, 0.1) is 32.1 Å². The van der Waals surface area contributed by atoms with Crippen molar-refractivity contribution in [3.8, 4) is 6.07 Å². The standard InChI is InChI=1S/C19H17N5S/c1-11-8-18(21-10-16-12(2)25-13(3)22-16)24-17-7-5-4-6-15(17)23-19(24)14(11)9-20/h4-8,21H,10H2,1-3H3. The van der Waals surface area contributed by atoms with Gasteiger partial charge in [0.05, 0.1) is 33.8 Å². The zero-order valence-electron chi connectivity index (χ0n) is 14.3. The van der Waals surface area contributed by atoms with Gasteiger partial charge in [0.25, 0.3) is 0 Å². The number of aryl methyl sites for hydroxylation is 3. The van der Waals surface area contributed by atoms with Crippen molar-refractivity contribution in [2.45, 2.75) is 27.3 Å². The summed E-state index contributed by atoms with van der Waals surface area (Å²) >= 11 is 1.71. The molecule has 0 atom stereocenters. The number of nitrogens with zero attached hydrogens (tertiary/aromatic N) is 4. The lowest BCUT2D eigenvalue weighted by Crippen LogP contribution is -2.07. The van der Waals surface area contributed by atoms with Gasteiger partial charge in [-0.1, -0.05) is 12.1 Å². The van der Waals surface area contributed by atoms with Crippen LogP contribution in [-0.2, 0) is 6.54 Å². The van der Waals surface area contributed by atoms with Crippen molar-refractivity contribution in [1.82, 2.24) is 14.4 Å². The number of nitriles is 1. The highest BCUT2D eigenvalue weighted by molar-refractivity contribution is 7.11. The number of rotatable bonds is 3. The number of hydrogen-bond acceptors (Lipinski definition) is 5. The molecule has 0 unspecified atom stereocenters. The maximum absolute atomic E-state index is 9.55. The summed E-state index contributed by atoms with van der Waals surface area (Å²) in [6.07, 6.45) is 0. The maximum Gasteiger partial charge on any atom is 0.157 e. The topological polar surface area (TPSA) is 66.0 Å². The highest BCUT2D eigenvalue weighted by atomic mass is 32.1. The van der Waals surface area contributed by atoms with Gasteiger partial charge < -0.3 is 5.32 Å². The van der Waals surface area contributed by atoms with Gasteiger partial charge in [0.1, 0.15) is 11.9 Å². The fraction of sp³-hybridized carbons (Fsp3) is 0.211. The third-order valence-electron chi connectivity index (χ3n) is 4.32. The molecule has 5 nitrogen and oxygen atoms in total. The van der Waals surface area contributed by atoms with Crippen molar-refractivity contribution in [2.75, 3.05) is 5.32 Å². The Morgan fingerprint density at radius 3 is 2.72 bits per heavy atom. The van der Waals surface area contributed by atoms with Crippen molar-refractivity contribution in [1.29, 1.82) is 5.26 Å². The molecule has 0 spiro atoms. The molecule has 25 heavy (non-hydrogen) atoms. The van der Waals surface area contributed by atoms with Crippen LogP contribution < -0.4 is 5.32 Å². The summed E-state index contributed by atoms with van der Waals surface area (Å²) in [5, 5.41) is 14.1. The van der Waals surface area contributed by atoms with E-state index in [1.54, 1.807) is 11.3 Å². The Kier molecular flexibility index (Phi) is 3.66. The molecule has 0 fully saturated rings. The first kappa shape index (κ1) is 15.6. The molecule has 0 saturated heterocycles. The first-order valence-corrected chi connectivity index (χ1v) is 8.88. The van der Waals surface area contributed by atoms with E-state index in [1.165, 1.54) is 4.88 Å². The second kappa shape index (κ2) is 5.87. The molecule has 1 aromatic carbocycles. The van der Waals surface area contributed by atoms with E-state index in [-0.39, 0.29) is 0 Å². The smallest absolute Gasteiger partial charge is 0.157 e. The fourth-order valence-corrected chi connectivity index (χ4v) is 3.97. The molecule has 0 aliphatic heterocycles. The zero-order valence-corrected chi connectivity index (χ0v) is 15.1. The van der Waals surface area contributed by atoms with Crippen molar-refractivity contribution < 1.29 is 0 Å². The molecule has 124 valence electrons. The van der Waals surface area contributed by atoms with Crippen molar-refractivity contribution >= 4 is 33.8 Å². The van der Waals surface area contributed by atoms with Gasteiger partial charge in [0, 0.05) is 4.88 Å². The highest BCUT2D eigenvalue weighted by Crippen LogP contribution is 2.27. The monoisotopic (exact) mass is 347 g/mol. The van der Waals surface area contributed by atoms with Gasteiger partial charge in [-0.3, -0.25) is 4.40 Å². The van der Waals surface area contributed by atoms with Crippen molar-refractivity contribution in [3.63, 3.8) is 0 Å². The number of fused-ring (bicyclic) bond motifs is 3. The SMILES string of the molecule is Cc1nc(CNc2cc(C)c(C#N)c3nc4ccccc4n23)c(C)s1. The number of aromatic nitrogens is 3. The fourth-order valence-electron chi connectivity index (χ4n) is 3.13. The normalized spacial score (nSPS) is 11.1. The van der Waals surface area contributed by atoms with Gasteiger partial charge in [-0.05, 0) is 44.5 Å². The van der Waals surface area contributed by atoms with Crippen LogP contribution in [0.2, 0.25) is 0 Å². The Morgan fingerprint density at radius 1 is 1.20 bits per heavy atom. The molecule has 3 heterocycles. The number of anilines is 1. The van der Waals surface area contributed by atoms with Crippen molar-refractivity contribution in [2.24, 2.45) is 0 Å². The lowest BCUT2D eigenvalue weighted by Gasteiger charge is -2.12. The number of hydrogen-bond donors (Lipinski definition) is 1. The molecule has 0 radical (unpaired) electrons. The summed E-state index contributed by atoms with van der Waals surface area (Å²) in [4.78, 5) is 10.5. The van der Waals surface area contributed by atoms with E-state index in [2.05, 4.69) is 28.3 Å². The predicted octanol–water partition coefficient (Wildman–Crippen LogP) is 4.35. The molecular weight excluding hydrogens is 330 g/mol. The number of pyridine rings is 1.